The molecule has 0 amide bonds. The third-order valence-electron chi connectivity index (χ3n) is 4.05. The molecule has 22 heavy (non-hydrogen) atoms. The Hall–Kier alpha value is -2.25. The van der Waals surface area contributed by atoms with Crippen LogP contribution in [0.2, 0.25) is 5.02 Å². The Morgan fingerprint density at radius 1 is 1.41 bits per heavy atom. The number of nitrogens with two attached hydrogens (primary N) is 1. The van der Waals surface area contributed by atoms with Crippen molar-refractivity contribution in [3.05, 3.63) is 57.6 Å². The molecular formula is C17H15ClN2O2. The number of allylic oxidation sites excluding steroid dienone is 3. The number of nitriles is 1. The van der Waals surface area contributed by atoms with Crippen LogP contribution in [0.1, 0.15) is 31.2 Å². The molecule has 1 aliphatic carbocycles. The van der Waals surface area contributed by atoms with E-state index in [1.807, 2.05) is 13.0 Å². The highest BCUT2D eigenvalue weighted by Gasteiger charge is 2.39. The van der Waals surface area contributed by atoms with E-state index in [0.29, 0.717) is 29.2 Å². The molecule has 0 saturated heterocycles. The van der Waals surface area contributed by atoms with Crippen LogP contribution in [0.25, 0.3) is 0 Å². The molecule has 112 valence electrons. The maximum atomic E-state index is 12.5. The lowest BCUT2D eigenvalue weighted by Gasteiger charge is -2.33. The lowest BCUT2D eigenvalue weighted by Crippen LogP contribution is -2.29. The average molecular weight is 315 g/mol. The summed E-state index contributed by atoms with van der Waals surface area (Å²) in [4.78, 5) is 12.5. The minimum atomic E-state index is -0.493. The van der Waals surface area contributed by atoms with Gasteiger partial charge < -0.3 is 10.5 Å². The molecule has 0 bridgehead atoms. The lowest BCUT2D eigenvalue weighted by molar-refractivity contribution is -0.117. The quantitative estimate of drug-likeness (QED) is 0.862. The summed E-state index contributed by atoms with van der Waals surface area (Å²) >= 11 is 6.06. The largest absolute Gasteiger partial charge is 0.444 e. The lowest BCUT2D eigenvalue weighted by atomic mass is 9.75. The molecule has 0 saturated carbocycles. The summed E-state index contributed by atoms with van der Waals surface area (Å²) < 4.78 is 5.58. The average Bonchev–Trinajstić information content (AvgIpc) is 2.45. The molecule has 2 unspecified atom stereocenters. The van der Waals surface area contributed by atoms with Gasteiger partial charge in [-0.05, 0) is 23.6 Å². The van der Waals surface area contributed by atoms with E-state index in [9.17, 15) is 10.1 Å². The van der Waals surface area contributed by atoms with Crippen LogP contribution in [0.4, 0.5) is 0 Å². The number of carbonyl (C=O) groups excluding carboxylic acids is 1. The molecular weight excluding hydrogens is 300 g/mol. The van der Waals surface area contributed by atoms with Gasteiger partial charge in [0.15, 0.2) is 5.78 Å². The van der Waals surface area contributed by atoms with E-state index >= 15 is 0 Å². The molecule has 0 fully saturated rings. The Labute approximate surface area is 133 Å². The monoisotopic (exact) mass is 314 g/mol. The zero-order chi connectivity index (χ0) is 15.9. The van der Waals surface area contributed by atoms with Crippen molar-refractivity contribution in [2.45, 2.75) is 25.7 Å². The van der Waals surface area contributed by atoms with Crippen molar-refractivity contribution in [3.63, 3.8) is 0 Å². The van der Waals surface area contributed by atoms with Gasteiger partial charge in [-0.25, -0.2) is 0 Å². The zero-order valence-electron chi connectivity index (χ0n) is 12.1. The fourth-order valence-electron chi connectivity index (χ4n) is 3.11. The predicted octanol–water partition coefficient (Wildman–Crippen LogP) is 3.40. The van der Waals surface area contributed by atoms with Gasteiger partial charge in [0.05, 0.1) is 5.92 Å². The van der Waals surface area contributed by atoms with Gasteiger partial charge in [0.2, 0.25) is 5.88 Å². The normalized spacial score (nSPS) is 24.7. The number of Topliss-reactive ketones (excluding diaryl/α,β-unsaturated/α-hetero) is 1. The molecule has 1 heterocycles. The molecule has 0 aromatic heterocycles. The van der Waals surface area contributed by atoms with E-state index in [-0.39, 0.29) is 23.2 Å². The van der Waals surface area contributed by atoms with Gasteiger partial charge in [0.25, 0.3) is 0 Å². The first-order valence-corrected chi connectivity index (χ1v) is 7.48. The maximum absolute atomic E-state index is 12.5. The SMILES string of the molecule is CC1CC(=O)C2=C(C1)OC(N)=C(C#N)C2c1cccc(Cl)c1. The van der Waals surface area contributed by atoms with Crippen molar-refractivity contribution in [1.82, 2.24) is 0 Å². The Kier molecular flexibility index (Phi) is 3.67. The Balaban J connectivity index is 2.19. The number of carbonyl (C=O) groups is 1. The van der Waals surface area contributed by atoms with Gasteiger partial charge in [0.1, 0.15) is 17.4 Å². The van der Waals surface area contributed by atoms with Crippen LogP contribution >= 0.6 is 11.6 Å². The number of benzene rings is 1. The van der Waals surface area contributed by atoms with Crippen molar-refractivity contribution in [1.29, 1.82) is 5.26 Å². The minimum Gasteiger partial charge on any atom is -0.444 e. The Morgan fingerprint density at radius 2 is 2.18 bits per heavy atom. The van der Waals surface area contributed by atoms with Crippen LogP contribution in [-0.4, -0.2) is 5.78 Å². The topological polar surface area (TPSA) is 76.1 Å². The van der Waals surface area contributed by atoms with Gasteiger partial charge in [0, 0.05) is 23.4 Å². The molecule has 2 aliphatic rings. The Bertz CT molecular complexity index is 758. The van der Waals surface area contributed by atoms with E-state index in [1.165, 1.54) is 0 Å². The molecule has 3 rings (SSSR count). The fraction of sp³-hybridized carbons (Fsp3) is 0.294. The van der Waals surface area contributed by atoms with Gasteiger partial charge >= 0.3 is 0 Å². The zero-order valence-corrected chi connectivity index (χ0v) is 12.9. The van der Waals surface area contributed by atoms with Crippen LogP contribution in [-0.2, 0) is 9.53 Å². The van der Waals surface area contributed by atoms with Crippen molar-refractivity contribution in [2.75, 3.05) is 0 Å². The summed E-state index contributed by atoms with van der Waals surface area (Å²) in [6.07, 6.45) is 1.11. The van der Waals surface area contributed by atoms with Crippen molar-refractivity contribution in [2.24, 2.45) is 11.7 Å². The molecule has 1 aliphatic heterocycles. The second-order valence-electron chi connectivity index (χ2n) is 5.75. The number of ketones is 1. The van der Waals surface area contributed by atoms with E-state index in [2.05, 4.69) is 6.07 Å². The fourth-order valence-corrected chi connectivity index (χ4v) is 3.31. The molecule has 0 radical (unpaired) electrons. The number of hydrogen-bond donors (Lipinski definition) is 1. The summed E-state index contributed by atoms with van der Waals surface area (Å²) in [7, 11) is 0. The second kappa shape index (κ2) is 5.51. The maximum Gasteiger partial charge on any atom is 0.205 e. The first-order valence-electron chi connectivity index (χ1n) is 7.10. The van der Waals surface area contributed by atoms with Gasteiger partial charge in [-0.3, -0.25) is 4.79 Å². The van der Waals surface area contributed by atoms with E-state index in [4.69, 9.17) is 22.1 Å². The first kappa shape index (κ1) is 14.7. The third kappa shape index (κ3) is 2.38. The van der Waals surface area contributed by atoms with E-state index in [0.717, 1.165) is 5.56 Å². The molecule has 0 spiro atoms. The van der Waals surface area contributed by atoms with Crippen molar-refractivity contribution < 1.29 is 9.53 Å². The number of nitrogens with zero attached hydrogens (tertiary/aromatic N) is 1. The molecule has 4 nitrogen and oxygen atoms in total. The molecule has 2 N–H and O–H groups in total. The number of hydrogen-bond acceptors (Lipinski definition) is 4. The summed E-state index contributed by atoms with van der Waals surface area (Å²) in [5.41, 5.74) is 7.51. The minimum absolute atomic E-state index is 0.0129. The second-order valence-corrected chi connectivity index (χ2v) is 6.19. The van der Waals surface area contributed by atoms with Gasteiger partial charge in [-0.1, -0.05) is 30.7 Å². The highest BCUT2D eigenvalue weighted by atomic mass is 35.5. The summed E-state index contributed by atoms with van der Waals surface area (Å²) in [6.45, 7) is 2.00. The van der Waals surface area contributed by atoms with E-state index < -0.39 is 5.92 Å². The van der Waals surface area contributed by atoms with Crippen LogP contribution in [0.5, 0.6) is 0 Å². The van der Waals surface area contributed by atoms with Crippen molar-refractivity contribution in [3.8, 4) is 6.07 Å². The summed E-state index contributed by atoms with van der Waals surface area (Å²) in [6, 6.07) is 9.25. The van der Waals surface area contributed by atoms with Crippen LogP contribution < -0.4 is 5.73 Å². The van der Waals surface area contributed by atoms with Crippen LogP contribution in [0.3, 0.4) is 0 Å². The highest BCUT2D eigenvalue weighted by Crippen LogP contribution is 2.44. The Morgan fingerprint density at radius 3 is 2.86 bits per heavy atom. The smallest absolute Gasteiger partial charge is 0.205 e. The number of halogens is 1. The molecule has 1 aromatic carbocycles. The van der Waals surface area contributed by atoms with Gasteiger partial charge in [-0.2, -0.15) is 5.26 Å². The highest BCUT2D eigenvalue weighted by molar-refractivity contribution is 6.30. The number of rotatable bonds is 1. The van der Waals surface area contributed by atoms with Crippen LogP contribution in [0, 0.1) is 17.2 Å². The summed E-state index contributed by atoms with van der Waals surface area (Å²) in [5, 5.41) is 10.0. The summed E-state index contributed by atoms with van der Waals surface area (Å²) in [5.74, 6) is 0.396. The standard InChI is InChI=1S/C17H15ClN2O2/c1-9-5-13(21)16-14(6-9)22-17(20)12(8-19)15(16)10-3-2-4-11(18)7-10/h2-4,7,9,15H,5-6,20H2,1H3. The first-order chi connectivity index (χ1) is 10.5. The molecule has 1 aromatic rings. The van der Waals surface area contributed by atoms with E-state index in [1.54, 1.807) is 18.2 Å². The van der Waals surface area contributed by atoms with Crippen molar-refractivity contribution >= 4 is 17.4 Å². The van der Waals surface area contributed by atoms with Crippen LogP contribution in [0.15, 0.2) is 47.1 Å². The van der Waals surface area contributed by atoms with Gasteiger partial charge in [-0.15, -0.1) is 0 Å². The number of ether oxygens (including phenoxy) is 1. The molecule has 5 heteroatoms. The predicted molar refractivity (Wildman–Crippen MR) is 82.5 cm³/mol. The molecule has 2 atom stereocenters. The third-order valence-corrected chi connectivity index (χ3v) is 4.28.